The van der Waals surface area contributed by atoms with Crippen LogP contribution in [0.25, 0.3) is 0 Å². The summed E-state index contributed by atoms with van der Waals surface area (Å²) in [5.74, 6) is -0.291. The number of halogens is 2. The number of carbonyl (C=O) groups excluding carboxylic acids is 2. The Morgan fingerprint density at radius 1 is 1.00 bits per heavy atom. The van der Waals surface area contributed by atoms with Gasteiger partial charge in [0.25, 0.3) is 0 Å². The highest BCUT2D eigenvalue weighted by Gasteiger charge is 2.30. The van der Waals surface area contributed by atoms with Crippen molar-refractivity contribution in [3.05, 3.63) is 68.7 Å². The lowest BCUT2D eigenvalue weighted by Gasteiger charge is -2.32. The van der Waals surface area contributed by atoms with Crippen molar-refractivity contribution < 1.29 is 9.59 Å². The highest BCUT2D eigenvalue weighted by Crippen LogP contribution is 2.27. The lowest BCUT2D eigenvalue weighted by molar-refractivity contribution is -0.141. The average Bonchev–Trinajstić information content (AvgIpc) is 2.68. The van der Waals surface area contributed by atoms with E-state index in [0.29, 0.717) is 22.0 Å². The quantitative estimate of drug-likeness (QED) is 0.505. The minimum absolute atomic E-state index is 0.0295. The summed E-state index contributed by atoms with van der Waals surface area (Å²) in [5.41, 5.74) is 3.78. The van der Waals surface area contributed by atoms with Crippen LogP contribution in [0.1, 0.15) is 55.9 Å². The van der Waals surface area contributed by atoms with E-state index >= 15 is 0 Å². The Balaban J connectivity index is 2.39. The van der Waals surface area contributed by atoms with Crippen LogP contribution in [-0.4, -0.2) is 28.8 Å². The molecule has 0 aliphatic rings. The largest absolute Gasteiger partial charge is 0.352 e. The number of nitrogens with zero attached hydrogens (tertiary/aromatic N) is 1. The van der Waals surface area contributed by atoms with E-state index in [1.54, 1.807) is 23.1 Å². The summed E-state index contributed by atoms with van der Waals surface area (Å²) in [4.78, 5) is 28.1. The van der Waals surface area contributed by atoms with Gasteiger partial charge in [0, 0.05) is 28.2 Å². The van der Waals surface area contributed by atoms with Crippen LogP contribution in [0, 0.1) is 13.8 Å². The molecule has 168 valence electrons. The molecule has 0 saturated heterocycles. The van der Waals surface area contributed by atoms with E-state index in [4.69, 9.17) is 23.2 Å². The van der Waals surface area contributed by atoms with Gasteiger partial charge >= 0.3 is 0 Å². The molecule has 2 aromatic rings. The molecule has 0 aliphatic carbocycles. The molecule has 0 heterocycles. The second kappa shape index (κ2) is 11.5. The summed E-state index contributed by atoms with van der Waals surface area (Å²) in [6.45, 7) is 10.1. The fourth-order valence-electron chi connectivity index (χ4n) is 3.66. The van der Waals surface area contributed by atoms with E-state index in [0.717, 1.165) is 23.1 Å². The zero-order chi connectivity index (χ0) is 23.1. The van der Waals surface area contributed by atoms with Crippen molar-refractivity contribution in [1.82, 2.24) is 10.2 Å². The summed E-state index contributed by atoms with van der Waals surface area (Å²) in [6.07, 6.45) is 1.51. The van der Waals surface area contributed by atoms with Crippen molar-refractivity contribution in [3.8, 4) is 0 Å². The zero-order valence-corrected chi connectivity index (χ0v) is 20.5. The van der Waals surface area contributed by atoms with Crippen LogP contribution >= 0.6 is 23.2 Å². The number of carbonyl (C=O) groups is 2. The predicted molar refractivity (Wildman–Crippen MR) is 129 cm³/mol. The van der Waals surface area contributed by atoms with Gasteiger partial charge < -0.3 is 10.2 Å². The number of hydrogen-bond donors (Lipinski definition) is 1. The Morgan fingerprint density at radius 2 is 1.58 bits per heavy atom. The molecule has 2 amide bonds. The van der Waals surface area contributed by atoms with Gasteiger partial charge in [-0.05, 0) is 51.3 Å². The first kappa shape index (κ1) is 25.2. The van der Waals surface area contributed by atoms with Gasteiger partial charge in [-0.3, -0.25) is 9.59 Å². The van der Waals surface area contributed by atoms with E-state index in [1.807, 2.05) is 46.8 Å². The number of benzene rings is 2. The Hall–Kier alpha value is -2.04. The minimum Gasteiger partial charge on any atom is -0.352 e. The van der Waals surface area contributed by atoms with Crippen LogP contribution in [-0.2, 0) is 22.6 Å². The molecule has 0 saturated carbocycles. The lowest BCUT2D eigenvalue weighted by Crippen LogP contribution is -2.51. The lowest BCUT2D eigenvalue weighted by atomic mass is 10.0. The highest BCUT2D eigenvalue weighted by atomic mass is 35.5. The third kappa shape index (κ3) is 6.98. The Labute approximate surface area is 195 Å². The third-order valence-electron chi connectivity index (χ3n) is 5.41. The monoisotopic (exact) mass is 462 g/mol. The topological polar surface area (TPSA) is 49.4 Å². The standard InChI is InChI=1S/C25H32Cl2N2O2/c1-6-18(5)28-25(31)23(7-2)29(15-20-21(26)9-8-10-22(20)27)24(30)14-19-12-16(3)11-17(4)13-19/h8-13,18,23H,6-7,14-15H2,1-5H3,(H,28,31)/t18-,23-/m0/s1. The normalized spacial score (nSPS) is 12.9. The van der Waals surface area contributed by atoms with E-state index < -0.39 is 6.04 Å². The van der Waals surface area contributed by atoms with Gasteiger partial charge in [-0.2, -0.15) is 0 Å². The maximum absolute atomic E-state index is 13.5. The highest BCUT2D eigenvalue weighted by molar-refractivity contribution is 6.36. The van der Waals surface area contributed by atoms with Gasteiger partial charge in [0.1, 0.15) is 6.04 Å². The number of aryl methyl sites for hydroxylation is 2. The second-order valence-electron chi connectivity index (χ2n) is 8.14. The van der Waals surface area contributed by atoms with E-state index in [-0.39, 0.29) is 30.8 Å². The molecular formula is C25H32Cl2N2O2. The van der Waals surface area contributed by atoms with Crippen LogP contribution < -0.4 is 5.32 Å². The van der Waals surface area contributed by atoms with Crippen molar-refractivity contribution in [2.45, 2.75) is 72.5 Å². The number of nitrogens with one attached hydrogen (secondary N) is 1. The fraction of sp³-hybridized carbons (Fsp3) is 0.440. The van der Waals surface area contributed by atoms with Gasteiger partial charge in [0.2, 0.25) is 11.8 Å². The first-order valence-corrected chi connectivity index (χ1v) is 11.5. The zero-order valence-electron chi connectivity index (χ0n) is 19.0. The molecule has 0 aromatic heterocycles. The molecule has 0 aliphatic heterocycles. The third-order valence-corrected chi connectivity index (χ3v) is 6.12. The van der Waals surface area contributed by atoms with Crippen LogP contribution in [0.4, 0.5) is 0 Å². The molecule has 31 heavy (non-hydrogen) atoms. The first-order valence-electron chi connectivity index (χ1n) is 10.8. The molecule has 0 bridgehead atoms. The van der Waals surface area contributed by atoms with Crippen molar-refractivity contribution >= 4 is 35.0 Å². The second-order valence-corrected chi connectivity index (χ2v) is 8.95. The summed E-state index contributed by atoms with van der Waals surface area (Å²) in [6, 6.07) is 10.8. The van der Waals surface area contributed by atoms with E-state index in [9.17, 15) is 9.59 Å². The van der Waals surface area contributed by atoms with Crippen molar-refractivity contribution in [2.24, 2.45) is 0 Å². The maximum Gasteiger partial charge on any atom is 0.243 e. The van der Waals surface area contributed by atoms with E-state index in [1.165, 1.54) is 0 Å². The molecule has 2 aromatic carbocycles. The molecular weight excluding hydrogens is 431 g/mol. The molecule has 2 rings (SSSR count). The van der Waals surface area contributed by atoms with Gasteiger partial charge in [0.05, 0.1) is 6.42 Å². The van der Waals surface area contributed by atoms with Gasteiger partial charge in [0.15, 0.2) is 0 Å². The SMILES string of the molecule is CC[C@H](C)NC(=O)[C@H](CC)N(Cc1c(Cl)cccc1Cl)C(=O)Cc1cc(C)cc(C)c1. The van der Waals surface area contributed by atoms with Crippen molar-refractivity contribution in [1.29, 1.82) is 0 Å². The Kier molecular flexibility index (Phi) is 9.39. The van der Waals surface area contributed by atoms with Crippen LogP contribution in [0.3, 0.4) is 0 Å². The molecule has 1 N–H and O–H groups in total. The number of hydrogen-bond acceptors (Lipinski definition) is 2. The maximum atomic E-state index is 13.5. The van der Waals surface area contributed by atoms with Crippen LogP contribution in [0.2, 0.25) is 10.0 Å². The molecule has 0 spiro atoms. The molecule has 6 heteroatoms. The van der Waals surface area contributed by atoms with Gasteiger partial charge in [-0.1, -0.05) is 72.4 Å². The molecule has 0 unspecified atom stereocenters. The summed E-state index contributed by atoms with van der Waals surface area (Å²) >= 11 is 12.8. The van der Waals surface area contributed by atoms with Crippen LogP contribution in [0.5, 0.6) is 0 Å². The van der Waals surface area contributed by atoms with Crippen molar-refractivity contribution in [2.75, 3.05) is 0 Å². The Morgan fingerprint density at radius 3 is 2.10 bits per heavy atom. The smallest absolute Gasteiger partial charge is 0.243 e. The number of rotatable bonds is 9. The van der Waals surface area contributed by atoms with Gasteiger partial charge in [-0.15, -0.1) is 0 Å². The minimum atomic E-state index is -0.611. The average molecular weight is 463 g/mol. The molecule has 4 nitrogen and oxygen atoms in total. The van der Waals surface area contributed by atoms with Crippen molar-refractivity contribution in [3.63, 3.8) is 0 Å². The number of amides is 2. The summed E-state index contributed by atoms with van der Waals surface area (Å²) in [5, 5.41) is 3.98. The molecule has 0 fully saturated rings. The van der Waals surface area contributed by atoms with E-state index in [2.05, 4.69) is 11.4 Å². The molecule has 2 atom stereocenters. The Bertz CT molecular complexity index is 889. The van der Waals surface area contributed by atoms with Crippen LogP contribution in [0.15, 0.2) is 36.4 Å². The first-order chi connectivity index (χ1) is 14.7. The predicted octanol–water partition coefficient (Wildman–Crippen LogP) is 5.87. The summed E-state index contributed by atoms with van der Waals surface area (Å²) < 4.78 is 0. The summed E-state index contributed by atoms with van der Waals surface area (Å²) in [7, 11) is 0. The fourth-order valence-corrected chi connectivity index (χ4v) is 4.18. The van der Waals surface area contributed by atoms with Gasteiger partial charge in [-0.25, -0.2) is 0 Å². The molecule has 0 radical (unpaired) electrons.